The number of nitrogens with zero attached hydrogens (tertiary/aromatic N) is 8. The maximum Gasteiger partial charge on any atom is 0.433 e. The van der Waals surface area contributed by atoms with Crippen molar-refractivity contribution in [2.75, 3.05) is 5.32 Å². The van der Waals surface area contributed by atoms with Crippen LogP contribution in [0.4, 0.5) is 19.1 Å². The number of nitrogens with one attached hydrogen (secondary N) is 1. The fraction of sp³-hybridized carbons (Fsp3) is 0.182. The number of alkyl halides is 3. The van der Waals surface area contributed by atoms with Gasteiger partial charge in [0.25, 0.3) is 5.91 Å². The molecule has 3 rings (SSSR count). The number of aryl methyl sites for hydroxylation is 1. The molecule has 0 aliphatic carbocycles. The molecule has 0 aliphatic rings. The van der Waals surface area contributed by atoms with E-state index in [4.69, 9.17) is 11.6 Å². The molecule has 25 heavy (non-hydrogen) atoms. The second-order valence-corrected chi connectivity index (χ2v) is 4.94. The Morgan fingerprint density at radius 2 is 2.08 bits per heavy atom. The zero-order valence-corrected chi connectivity index (χ0v) is 13.0. The highest BCUT2D eigenvalue weighted by Crippen LogP contribution is 2.29. The Labute approximate surface area is 141 Å². The number of tetrazole rings is 1. The predicted octanol–water partition coefficient (Wildman–Crippen LogP) is 1.11. The van der Waals surface area contributed by atoms with Gasteiger partial charge in [0.2, 0.25) is 11.2 Å². The molecule has 0 radical (unpaired) electrons. The van der Waals surface area contributed by atoms with E-state index in [1.807, 2.05) is 0 Å². The number of carbonyl (C=O) groups excluding carboxylic acids is 1. The topological polar surface area (TPSA) is 116 Å². The van der Waals surface area contributed by atoms with Crippen molar-refractivity contribution in [2.24, 2.45) is 7.05 Å². The third-order valence-electron chi connectivity index (χ3n) is 2.94. The van der Waals surface area contributed by atoms with E-state index in [1.165, 1.54) is 11.7 Å². The van der Waals surface area contributed by atoms with Gasteiger partial charge < -0.3 is 0 Å². The highest BCUT2D eigenvalue weighted by atomic mass is 35.5. The predicted molar refractivity (Wildman–Crippen MR) is 75.9 cm³/mol. The number of hydrogen-bond acceptors (Lipinski definition) is 7. The average molecular weight is 374 g/mol. The van der Waals surface area contributed by atoms with Crippen molar-refractivity contribution in [3.8, 4) is 5.82 Å². The molecule has 0 atom stereocenters. The lowest BCUT2D eigenvalue weighted by molar-refractivity contribution is -0.141. The van der Waals surface area contributed by atoms with Crippen LogP contribution in [0.2, 0.25) is 5.28 Å². The number of halogens is 4. The lowest BCUT2D eigenvalue weighted by atomic mass is 10.2. The van der Waals surface area contributed by atoms with Gasteiger partial charge in [-0.15, -0.1) is 5.10 Å². The number of pyridine rings is 1. The fourth-order valence-electron chi connectivity index (χ4n) is 1.81. The first-order chi connectivity index (χ1) is 11.8. The number of rotatable bonds is 3. The molecule has 3 aromatic heterocycles. The monoisotopic (exact) mass is 373 g/mol. The van der Waals surface area contributed by atoms with Gasteiger partial charge in [-0.25, -0.2) is 19.3 Å². The van der Waals surface area contributed by atoms with E-state index in [2.05, 4.69) is 35.9 Å². The van der Waals surface area contributed by atoms with Gasteiger partial charge in [0.1, 0.15) is 12.0 Å². The molecule has 3 heterocycles. The number of carbonyl (C=O) groups is 1. The third-order valence-corrected chi connectivity index (χ3v) is 3.11. The van der Waals surface area contributed by atoms with Gasteiger partial charge >= 0.3 is 6.18 Å². The Morgan fingerprint density at radius 1 is 1.32 bits per heavy atom. The fourth-order valence-corrected chi connectivity index (χ4v) is 1.93. The van der Waals surface area contributed by atoms with Gasteiger partial charge in [0.15, 0.2) is 5.82 Å². The van der Waals surface area contributed by atoms with Crippen molar-refractivity contribution in [2.45, 2.75) is 6.18 Å². The van der Waals surface area contributed by atoms with Crippen LogP contribution < -0.4 is 5.32 Å². The van der Waals surface area contributed by atoms with E-state index in [1.54, 1.807) is 0 Å². The van der Waals surface area contributed by atoms with Gasteiger partial charge in [-0.2, -0.15) is 13.2 Å². The summed E-state index contributed by atoms with van der Waals surface area (Å²) in [6.07, 6.45) is -3.67. The van der Waals surface area contributed by atoms with Gasteiger partial charge in [-0.3, -0.25) is 10.1 Å². The summed E-state index contributed by atoms with van der Waals surface area (Å²) in [5.74, 6) is -1.20. The third kappa shape index (κ3) is 3.40. The number of anilines is 1. The first kappa shape index (κ1) is 16.8. The summed E-state index contributed by atoms with van der Waals surface area (Å²) in [6, 6.07) is 1.63. The molecular formula is C11H7ClF3N9O. The van der Waals surface area contributed by atoms with Crippen LogP contribution in [-0.4, -0.2) is 45.9 Å². The van der Waals surface area contributed by atoms with Gasteiger partial charge in [0, 0.05) is 7.05 Å². The Bertz CT molecular complexity index is 935. The van der Waals surface area contributed by atoms with Crippen LogP contribution in [0.25, 0.3) is 5.82 Å². The smallest absolute Gasteiger partial charge is 0.289 e. The van der Waals surface area contributed by atoms with E-state index >= 15 is 0 Å². The average Bonchev–Trinajstić information content (AvgIpc) is 3.15. The minimum atomic E-state index is -4.71. The molecule has 10 nitrogen and oxygen atoms in total. The Kier molecular flexibility index (Phi) is 4.08. The van der Waals surface area contributed by atoms with E-state index in [9.17, 15) is 18.0 Å². The molecule has 0 bridgehead atoms. The lowest BCUT2D eigenvalue weighted by Gasteiger charge is -2.11. The second kappa shape index (κ2) is 6.08. The summed E-state index contributed by atoms with van der Waals surface area (Å²) >= 11 is 5.58. The maximum absolute atomic E-state index is 12.9. The van der Waals surface area contributed by atoms with E-state index in [-0.39, 0.29) is 16.8 Å². The van der Waals surface area contributed by atoms with E-state index < -0.39 is 23.6 Å². The first-order valence-electron chi connectivity index (χ1n) is 6.45. The highest BCUT2D eigenvalue weighted by molar-refractivity contribution is 6.28. The van der Waals surface area contributed by atoms with Crippen molar-refractivity contribution in [3.63, 3.8) is 0 Å². The van der Waals surface area contributed by atoms with Crippen LogP contribution in [0.3, 0.4) is 0 Å². The van der Waals surface area contributed by atoms with Crippen molar-refractivity contribution in [3.05, 3.63) is 35.0 Å². The molecule has 0 unspecified atom stereocenters. The normalized spacial score (nSPS) is 11.6. The van der Waals surface area contributed by atoms with Crippen molar-refractivity contribution >= 4 is 23.5 Å². The molecule has 1 amide bonds. The van der Waals surface area contributed by atoms with Crippen LogP contribution in [0, 0.1) is 0 Å². The zero-order valence-electron chi connectivity index (χ0n) is 12.2. The van der Waals surface area contributed by atoms with Crippen molar-refractivity contribution < 1.29 is 18.0 Å². The van der Waals surface area contributed by atoms with Crippen LogP contribution in [0.1, 0.15) is 16.1 Å². The first-order valence-corrected chi connectivity index (χ1v) is 6.83. The van der Waals surface area contributed by atoms with Crippen LogP contribution in [-0.2, 0) is 13.2 Å². The highest BCUT2D eigenvalue weighted by Gasteiger charge is 2.34. The maximum atomic E-state index is 12.9. The zero-order chi connectivity index (χ0) is 18.2. The molecule has 130 valence electrons. The van der Waals surface area contributed by atoms with E-state index in [0.717, 1.165) is 17.1 Å². The van der Waals surface area contributed by atoms with Gasteiger partial charge in [-0.1, -0.05) is 5.10 Å². The summed E-state index contributed by atoms with van der Waals surface area (Å²) in [6.45, 7) is 0. The molecule has 0 saturated heterocycles. The summed E-state index contributed by atoms with van der Waals surface area (Å²) in [5.41, 5.74) is -1.41. The van der Waals surface area contributed by atoms with Crippen LogP contribution >= 0.6 is 11.6 Å². The van der Waals surface area contributed by atoms with E-state index in [0.29, 0.717) is 6.07 Å². The summed E-state index contributed by atoms with van der Waals surface area (Å²) in [5, 5.41) is 16.2. The molecule has 1 N–H and O–H groups in total. The molecule has 0 saturated carbocycles. The molecule has 0 fully saturated rings. The van der Waals surface area contributed by atoms with Crippen molar-refractivity contribution in [1.82, 2.24) is 40.0 Å². The SMILES string of the molecule is Cn1nnnc1NC(=O)c1ccc(C(F)(F)F)nc1-n1cnc(Cl)n1. The Morgan fingerprint density at radius 3 is 2.64 bits per heavy atom. The minimum Gasteiger partial charge on any atom is -0.289 e. The molecule has 14 heteroatoms. The Balaban J connectivity index is 2.06. The summed E-state index contributed by atoms with van der Waals surface area (Å²) in [4.78, 5) is 19.5. The van der Waals surface area contributed by atoms with Crippen molar-refractivity contribution in [1.29, 1.82) is 0 Å². The number of aromatic nitrogens is 8. The summed E-state index contributed by atoms with van der Waals surface area (Å²) < 4.78 is 40.8. The number of amides is 1. The van der Waals surface area contributed by atoms with Crippen LogP contribution in [0.5, 0.6) is 0 Å². The number of hydrogen-bond donors (Lipinski definition) is 1. The molecule has 0 spiro atoms. The summed E-state index contributed by atoms with van der Waals surface area (Å²) in [7, 11) is 1.47. The van der Waals surface area contributed by atoms with Gasteiger partial charge in [-0.05, 0) is 34.2 Å². The molecule has 3 aromatic rings. The molecule has 0 aromatic carbocycles. The minimum absolute atomic E-state index is 0.00697. The standard InChI is InChI=1S/C11H7ClF3N9O/c1-23-10(19-21-22-23)18-8(25)5-2-3-6(11(13,14)15)17-7(5)24-4-16-9(12)20-24/h2-4H,1H3,(H,18,19,22,25). The van der Waals surface area contributed by atoms with Crippen LogP contribution in [0.15, 0.2) is 18.5 Å². The molecule has 0 aliphatic heterocycles. The Hall–Kier alpha value is -3.09. The largest absolute Gasteiger partial charge is 0.433 e. The van der Waals surface area contributed by atoms with Gasteiger partial charge in [0.05, 0.1) is 5.56 Å². The lowest BCUT2D eigenvalue weighted by Crippen LogP contribution is -2.20. The second-order valence-electron chi connectivity index (χ2n) is 4.60. The molecular weight excluding hydrogens is 367 g/mol. The quantitative estimate of drug-likeness (QED) is 0.730.